The van der Waals surface area contributed by atoms with Crippen molar-refractivity contribution in [3.8, 4) is 23.0 Å². The van der Waals surface area contributed by atoms with Gasteiger partial charge in [0, 0.05) is 40.9 Å². The average Bonchev–Trinajstić information content (AvgIpc) is 3.62. The van der Waals surface area contributed by atoms with Gasteiger partial charge in [-0.15, -0.1) is 10.2 Å². The zero-order chi connectivity index (χ0) is 29.2. The van der Waals surface area contributed by atoms with Gasteiger partial charge >= 0.3 is 6.61 Å². The van der Waals surface area contributed by atoms with Crippen LogP contribution in [-0.4, -0.2) is 59.8 Å². The molecule has 3 aromatic heterocycles. The van der Waals surface area contributed by atoms with Gasteiger partial charge in [-0.1, -0.05) is 23.7 Å². The predicted octanol–water partition coefficient (Wildman–Crippen LogP) is 5.50. The number of hydrogen-bond donors (Lipinski definition) is 1. The zero-order valence-corrected chi connectivity index (χ0v) is 23.2. The molecule has 0 bridgehead atoms. The monoisotopic (exact) mass is 598 g/mol. The van der Waals surface area contributed by atoms with E-state index < -0.39 is 12.4 Å². The van der Waals surface area contributed by atoms with E-state index in [0.29, 0.717) is 39.6 Å². The van der Waals surface area contributed by atoms with Crippen LogP contribution in [0.3, 0.4) is 0 Å². The average molecular weight is 599 g/mol. The van der Waals surface area contributed by atoms with Crippen molar-refractivity contribution in [3.63, 3.8) is 0 Å². The van der Waals surface area contributed by atoms with E-state index in [4.69, 9.17) is 21.1 Å². The lowest BCUT2D eigenvalue weighted by molar-refractivity contribution is -0.0488. The number of pyridine rings is 1. The Bertz CT molecular complexity index is 1690. The lowest BCUT2D eigenvalue weighted by atomic mass is 9.93. The van der Waals surface area contributed by atoms with Crippen LogP contribution in [-0.2, 0) is 20.2 Å². The summed E-state index contributed by atoms with van der Waals surface area (Å²) in [6, 6.07) is 13.3. The van der Waals surface area contributed by atoms with Crippen molar-refractivity contribution in [3.05, 3.63) is 76.5 Å². The molecular weight excluding hydrogens is 573 g/mol. The van der Waals surface area contributed by atoms with Crippen LogP contribution in [0.15, 0.2) is 48.5 Å². The highest BCUT2D eigenvalue weighted by Gasteiger charge is 2.25. The maximum Gasteiger partial charge on any atom is 0.387 e. The number of ether oxygens (including phenoxy) is 2. The van der Waals surface area contributed by atoms with Crippen LogP contribution in [0.2, 0.25) is 5.02 Å². The van der Waals surface area contributed by atoms with Crippen LogP contribution in [0, 0.1) is 5.82 Å². The summed E-state index contributed by atoms with van der Waals surface area (Å²) in [5.41, 5.74) is 2.78. The Balaban J connectivity index is 1.12. The van der Waals surface area contributed by atoms with Gasteiger partial charge in [0.25, 0.3) is 0 Å². The second-order valence-electron chi connectivity index (χ2n) is 10.0. The van der Waals surface area contributed by atoms with Gasteiger partial charge in [0.05, 0.1) is 12.1 Å². The quantitative estimate of drug-likeness (QED) is 0.237. The summed E-state index contributed by atoms with van der Waals surface area (Å²) in [5, 5.41) is 14.2. The molecule has 10 nitrogen and oxygen atoms in total. The van der Waals surface area contributed by atoms with Gasteiger partial charge in [-0.3, -0.25) is 4.90 Å². The molecule has 1 N–H and O–H groups in total. The summed E-state index contributed by atoms with van der Waals surface area (Å²) in [7, 11) is 1.84. The summed E-state index contributed by atoms with van der Waals surface area (Å²) in [4.78, 5) is 11.6. The molecule has 0 unspecified atom stereocenters. The SMILES string of the molecule is Cn1c(CN2CCC(c3cccc(OCc4ccc(Cl)cc4F)n3)CC2)nc2c(OC(F)F)cc(-c3nn[nH]n3)cc21. The van der Waals surface area contributed by atoms with Crippen LogP contribution in [0.25, 0.3) is 22.4 Å². The number of H-pyrrole nitrogens is 1. The lowest BCUT2D eigenvalue weighted by Crippen LogP contribution is -2.33. The normalized spacial score (nSPS) is 14.6. The fraction of sp³-hybridized carbons (Fsp3) is 0.321. The molecule has 4 heterocycles. The molecule has 5 aromatic rings. The van der Waals surface area contributed by atoms with Crippen molar-refractivity contribution in [2.24, 2.45) is 7.05 Å². The molecule has 1 aliphatic heterocycles. The molecule has 218 valence electrons. The Kier molecular flexibility index (Phi) is 7.94. The predicted molar refractivity (Wildman–Crippen MR) is 148 cm³/mol. The number of nitrogens with one attached hydrogen (secondary N) is 1. The smallest absolute Gasteiger partial charge is 0.387 e. The first kappa shape index (κ1) is 27.9. The Hall–Kier alpha value is -4.23. The lowest BCUT2D eigenvalue weighted by Gasteiger charge is -2.31. The number of piperidine rings is 1. The van der Waals surface area contributed by atoms with Crippen molar-refractivity contribution in [2.45, 2.75) is 38.5 Å². The number of alkyl halides is 2. The van der Waals surface area contributed by atoms with Crippen LogP contribution in [0.4, 0.5) is 13.2 Å². The molecule has 14 heteroatoms. The van der Waals surface area contributed by atoms with Crippen LogP contribution in [0.5, 0.6) is 11.6 Å². The van der Waals surface area contributed by atoms with E-state index >= 15 is 0 Å². The third-order valence-electron chi connectivity index (χ3n) is 7.37. The van der Waals surface area contributed by atoms with Gasteiger partial charge in [0.2, 0.25) is 11.7 Å². The van der Waals surface area contributed by atoms with Gasteiger partial charge < -0.3 is 14.0 Å². The molecule has 1 saturated heterocycles. The summed E-state index contributed by atoms with van der Waals surface area (Å²) in [6.45, 7) is -0.825. The Morgan fingerprint density at radius 1 is 1.10 bits per heavy atom. The van der Waals surface area contributed by atoms with E-state index in [1.165, 1.54) is 12.1 Å². The first-order chi connectivity index (χ1) is 20.3. The molecule has 6 rings (SSSR count). The van der Waals surface area contributed by atoms with Crippen LogP contribution in [0.1, 0.15) is 35.8 Å². The molecule has 0 spiro atoms. The molecular formula is C28H26ClF3N8O2. The molecule has 1 aliphatic rings. The number of likely N-dealkylation sites (tertiary alicyclic amines) is 1. The third kappa shape index (κ3) is 6.02. The van der Waals surface area contributed by atoms with Gasteiger partial charge in [0.1, 0.15) is 23.8 Å². The first-order valence-corrected chi connectivity index (χ1v) is 13.7. The highest BCUT2D eigenvalue weighted by Crippen LogP contribution is 2.33. The number of aromatic nitrogens is 7. The fourth-order valence-electron chi connectivity index (χ4n) is 5.16. The highest BCUT2D eigenvalue weighted by molar-refractivity contribution is 6.30. The van der Waals surface area contributed by atoms with E-state index in [1.54, 1.807) is 24.3 Å². The van der Waals surface area contributed by atoms with Crippen LogP contribution < -0.4 is 9.47 Å². The fourth-order valence-corrected chi connectivity index (χ4v) is 5.32. The number of imidazole rings is 1. The summed E-state index contributed by atoms with van der Waals surface area (Å²) < 4.78 is 53.0. The van der Waals surface area contributed by atoms with E-state index in [2.05, 4.69) is 35.5 Å². The first-order valence-electron chi connectivity index (χ1n) is 13.3. The number of nitrogens with zero attached hydrogens (tertiary/aromatic N) is 7. The zero-order valence-electron chi connectivity index (χ0n) is 22.5. The topological polar surface area (TPSA) is 107 Å². The van der Waals surface area contributed by atoms with Gasteiger partial charge in [-0.2, -0.15) is 14.0 Å². The number of aryl methyl sites for hydroxylation is 1. The van der Waals surface area contributed by atoms with Gasteiger partial charge in [-0.05, 0) is 61.5 Å². The molecule has 0 aliphatic carbocycles. The molecule has 0 saturated carbocycles. The van der Waals surface area contributed by atoms with Crippen LogP contribution >= 0.6 is 11.6 Å². The maximum absolute atomic E-state index is 14.1. The molecule has 0 atom stereocenters. The van der Waals surface area contributed by atoms with Crippen molar-refractivity contribution in [1.29, 1.82) is 0 Å². The van der Waals surface area contributed by atoms with Crippen molar-refractivity contribution in [2.75, 3.05) is 13.1 Å². The number of benzene rings is 2. The second-order valence-corrected chi connectivity index (χ2v) is 10.5. The molecule has 1 fully saturated rings. The molecule has 0 amide bonds. The van der Waals surface area contributed by atoms with Crippen molar-refractivity contribution < 1.29 is 22.6 Å². The molecule has 0 radical (unpaired) electrons. The van der Waals surface area contributed by atoms with E-state index in [1.807, 2.05) is 23.7 Å². The Morgan fingerprint density at radius 2 is 1.93 bits per heavy atom. The van der Waals surface area contributed by atoms with Crippen molar-refractivity contribution >= 4 is 22.6 Å². The highest BCUT2D eigenvalue weighted by atomic mass is 35.5. The summed E-state index contributed by atoms with van der Waals surface area (Å²) in [5.74, 6) is 1.19. The minimum Gasteiger partial charge on any atom is -0.473 e. The number of rotatable bonds is 9. The summed E-state index contributed by atoms with van der Waals surface area (Å²) >= 11 is 5.83. The Labute approximate surface area is 243 Å². The Morgan fingerprint density at radius 3 is 2.67 bits per heavy atom. The van der Waals surface area contributed by atoms with E-state index in [-0.39, 0.29) is 24.1 Å². The minimum atomic E-state index is -3.01. The minimum absolute atomic E-state index is 0.0464. The van der Waals surface area contributed by atoms with E-state index in [0.717, 1.165) is 37.4 Å². The number of aromatic amines is 1. The standard InChI is InChI=1S/C28H26ClF3N8O2/c1-39-22-11-18(27-35-37-38-36-27)12-23(42-28(31)32)26(22)34-24(39)14-40-9-7-16(8-10-40)21-3-2-4-25(33-21)41-15-17-5-6-19(29)13-20(17)30/h2-6,11-13,16,28H,7-10,14-15H2,1H3,(H,35,36,37,38). The van der Waals surface area contributed by atoms with Crippen molar-refractivity contribution in [1.82, 2.24) is 40.1 Å². The molecule has 42 heavy (non-hydrogen) atoms. The number of hydrogen-bond acceptors (Lipinski definition) is 8. The maximum atomic E-state index is 14.1. The number of halogens is 4. The molecule has 2 aromatic carbocycles. The second kappa shape index (κ2) is 11.9. The number of tetrazole rings is 1. The van der Waals surface area contributed by atoms with E-state index in [9.17, 15) is 13.2 Å². The number of fused-ring (bicyclic) bond motifs is 1. The van der Waals surface area contributed by atoms with Gasteiger partial charge in [0.15, 0.2) is 5.75 Å². The largest absolute Gasteiger partial charge is 0.473 e. The van der Waals surface area contributed by atoms with Gasteiger partial charge in [-0.25, -0.2) is 14.4 Å². The summed E-state index contributed by atoms with van der Waals surface area (Å²) in [6.07, 6.45) is 1.74. The third-order valence-corrected chi connectivity index (χ3v) is 7.61.